The van der Waals surface area contributed by atoms with Crippen molar-refractivity contribution >= 4 is 22.9 Å². The molecule has 3 aromatic rings. The molecule has 118 valence electrons. The van der Waals surface area contributed by atoms with Gasteiger partial charge in [0, 0.05) is 29.5 Å². The zero-order valence-corrected chi connectivity index (χ0v) is 13.8. The molecule has 0 fully saturated rings. The fraction of sp³-hybridized carbons (Fsp3) is 0.235. The number of carbonyl (C=O) groups excluding carboxylic acids is 1. The highest BCUT2D eigenvalue weighted by molar-refractivity contribution is 7.08. The molecule has 0 atom stereocenters. The number of thiophene rings is 1. The third kappa shape index (κ3) is 3.84. The minimum Gasteiger partial charge on any atom is -0.339 e. The fourth-order valence-electron chi connectivity index (χ4n) is 2.13. The highest BCUT2D eigenvalue weighted by Crippen LogP contribution is 2.19. The minimum atomic E-state index is -0.0662. The molecule has 1 amide bonds. The van der Waals surface area contributed by atoms with E-state index in [0.717, 1.165) is 16.8 Å². The zero-order chi connectivity index (χ0) is 16.2. The van der Waals surface area contributed by atoms with Crippen LogP contribution in [-0.2, 0) is 11.2 Å². The smallest absolute Gasteiger partial charge is 0.227 e. The first-order chi connectivity index (χ1) is 11.1. The summed E-state index contributed by atoms with van der Waals surface area (Å²) in [4.78, 5) is 16.3. The van der Waals surface area contributed by atoms with Crippen molar-refractivity contribution in [1.82, 2.24) is 10.1 Å². The Morgan fingerprint density at radius 2 is 2.13 bits per heavy atom. The number of hydrogen-bond acceptors (Lipinski definition) is 5. The fourth-order valence-corrected chi connectivity index (χ4v) is 2.76. The summed E-state index contributed by atoms with van der Waals surface area (Å²) in [5.41, 5.74) is 4.10. The molecular formula is C17H17N3O2S. The molecule has 1 aromatic carbocycles. The largest absolute Gasteiger partial charge is 0.339 e. The number of aromatic nitrogens is 2. The van der Waals surface area contributed by atoms with Crippen LogP contribution in [0.25, 0.3) is 11.4 Å². The summed E-state index contributed by atoms with van der Waals surface area (Å²) in [6, 6.07) is 7.80. The number of amides is 1. The maximum atomic E-state index is 12.0. The molecule has 0 aliphatic carbocycles. The first-order valence-corrected chi connectivity index (χ1v) is 8.28. The van der Waals surface area contributed by atoms with Crippen molar-refractivity contribution in [3.8, 4) is 11.4 Å². The van der Waals surface area contributed by atoms with Crippen molar-refractivity contribution in [1.29, 1.82) is 0 Å². The quantitative estimate of drug-likeness (QED) is 0.769. The Morgan fingerprint density at radius 3 is 2.87 bits per heavy atom. The Morgan fingerprint density at radius 1 is 1.26 bits per heavy atom. The molecule has 0 spiro atoms. The number of carbonyl (C=O) groups is 1. The summed E-state index contributed by atoms with van der Waals surface area (Å²) in [6.07, 6.45) is 0.728. The van der Waals surface area contributed by atoms with Crippen LogP contribution in [0.1, 0.15) is 23.4 Å². The van der Waals surface area contributed by atoms with Gasteiger partial charge in [-0.15, -0.1) is 0 Å². The van der Waals surface area contributed by atoms with Gasteiger partial charge in [-0.25, -0.2) is 0 Å². The Labute approximate surface area is 138 Å². The SMILES string of the molecule is Cc1ccc(NC(=O)CCc2nc(-c3ccsc3)no2)cc1C. The second-order valence-corrected chi connectivity index (χ2v) is 6.15. The van der Waals surface area contributed by atoms with Gasteiger partial charge in [0.2, 0.25) is 17.6 Å². The van der Waals surface area contributed by atoms with E-state index >= 15 is 0 Å². The summed E-state index contributed by atoms with van der Waals surface area (Å²) in [7, 11) is 0. The van der Waals surface area contributed by atoms with Gasteiger partial charge in [-0.1, -0.05) is 11.2 Å². The van der Waals surface area contributed by atoms with E-state index in [9.17, 15) is 4.79 Å². The van der Waals surface area contributed by atoms with Gasteiger partial charge in [-0.2, -0.15) is 16.3 Å². The predicted molar refractivity (Wildman–Crippen MR) is 90.5 cm³/mol. The van der Waals surface area contributed by atoms with Crippen LogP contribution in [0.5, 0.6) is 0 Å². The summed E-state index contributed by atoms with van der Waals surface area (Å²) >= 11 is 1.58. The lowest BCUT2D eigenvalue weighted by Gasteiger charge is -2.06. The number of rotatable bonds is 5. The topological polar surface area (TPSA) is 68.0 Å². The molecule has 1 N–H and O–H groups in total. The molecule has 2 aromatic heterocycles. The average Bonchev–Trinajstić information content (AvgIpc) is 3.19. The van der Waals surface area contributed by atoms with Gasteiger partial charge in [0.1, 0.15) is 0 Å². The van der Waals surface area contributed by atoms with Crippen LogP contribution in [0.4, 0.5) is 5.69 Å². The Balaban J connectivity index is 1.55. The van der Waals surface area contributed by atoms with E-state index in [-0.39, 0.29) is 5.91 Å². The second-order valence-electron chi connectivity index (χ2n) is 5.37. The van der Waals surface area contributed by atoms with E-state index in [1.54, 1.807) is 11.3 Å². The van der Waals surface area contributed by atoms with Crippen molar-refractivity contribution in [2.24, 2.45) is 0 Å². The molecule has 0 saturated carbocycles. The molecule has 0 saturated heterocycles. The van der Waals surface area contributed by atoms with Gasteiger partial charge in [0.05, 0.1) is 0 Å². The van der Waals surface area contributed by atoms with Crippen molar-refractivity contribution < 1.29 is 9.32 Å². The molecule has 0 aliphatic heterocycles. The molecule has 0 bridgehead atoms. The van der Waals surface area contributed by atoms with Crippen LogP contribution in [0, 0.1) is 13.8 Å². The lowest BCUT2D eigenvalue weighted by Crippen LogP contribution is -2.12. The third-order valence-corrected chi connectivity index (χ3v) is 4.29. The van der Waals surface area contributed by atoms with Gasteiger partial charge in [0.15, 0.2) is 0 Å². The summed E-state index contributed by atoms with van der Waals surface area (Å²) in [5.74, 6) is 0.973. The summed E-state index contributed by atoms with van der Waals surface area (Å²) in [5, 5.41) is 10.7. The normalized spacial score (nSPS) is 10.7. The maximum Gasteiger partial charge on any atom is 0.227 e. The average molecular weight is 327 g/mol. The molecule has 0 aliphatic rings. The van der Waals surface area contributed by atoms with Gasteiger partial charge in [-0.05, 0) is 48.6 Å². The van der Waals surface area contributed by atoms with E-state index < -0.39 is 0 Å². The predicted octanol–water partition coefficient (Wildman–Crippen LogP) is 3.99. The number of nitrogens with zero attached hydrogens (tertiary/aromatic N) is 2. The Hall–Kier alpha value is -2.47. The van der Waals surface area contributed by atoms with Gasteiger partial charge in [0.25, 0.3) is 0 Å². The number of nitrogens with one attached hydrogen (secondary N) is 1. The molecule has 6 heteroatoms. The van der Waals surface area contributed by atoms with Crippen molar-refractivity contribution in [3.05, 3.63) is 52.0 Å². The third-order valence-electron chi connectivity index (χ3n) is 3.60. The van der Waals surface area contributed by atoms with Crippen LogP contribution in [0.2, 0.25) is 0 Å². The van der Waals surface area contributed by atoms with Crippen molar-refractivity contribution in [2.45, 2.75) is 26.7 Å². The first-order valence-electron chi connectivity index (χ1n) is 7.34. The Kier molecular flexibility index (Phi) is 4.52. The van der Waals surface area contributed by atoms with Gasteiger partial charge >= 0.3 is 0 Å². The zero-order valence-electron chi connectivity index (χ0n) is 13.0. The van der Waals surface area contributed by atoms with E-state index in [2.05, 4.69) is 15.5 Å². The van der Waals surface area contributed by atoms with Crippen LogP contribution < -0.4 is 5.32 Å². The number of anilines is 1. The maximum absolute atomic E-state index is 12.0. The number of hydrogen-bond donors (Lipinski definition) is 1. The van der Waals surface area contributed by atoms with E-state index in [0.29, 0.717) is 24.6 Å². The standard InChI is InChI=1S/C17H17N3O2S/c1-11-3-4-14(9-12(11)2)18-15(21)5-6-16-19-17(20-22-16)13-7-8-23-10-13/h3-4,7-10H,5-6H2,1-2H3,(H,18,21). The van der Waals surface area contributed by atoms with Crippen molar-refractivity contribution in [3.63, 3.8) is 0 Å². The van der Waals surface area contributed by atoms with Crippen LogP contribution in [-0.4, -0.2) is 16.0 Å². The van der Waals surface area contributed by atoms with Gasteiger partial charge in [-0.3, -0.25) is 4.79 Å². The number of benzene rings is 1. The number of aryl methyl sites for hydroxylation is 3. The highest BCUT2D eigenvalue weighted by atomic mass is 32.1. The molecule has 23 heavy (non-hydrogen) atoms. The van der Waals surface area contributed by atoms with Crippen molar-refractivity contribution in [2.75, 3.05) is 5.32 Å². The summed E-state index contributed by atoms with van der Waals surface area (Å²) < 4.78 is 5.19. The van der Waals surface area contributed by atoms with E-state index in [1.165, 1.54) is 5.56 Å². The molecule has 2 heterocycles. The van der Waals surface area contributed by atoms with Gasteiger partial charge < -0.3 is 9.84 Å². The summed E-state index contributed by atoms with van der Waals surface area (Å²) in [6.45, 7) is 4.07. The molecular weight excluding hydrogens is 310 g/mol. The lowest BCUT2D eigenvalue weighted by molar-refractivity contribution is -0.116. The van der Waals surface area contributed by atoms with E-state index in [1.807, 2.05) is 48.9 Å². The molecule has 0 radical (unpaired) electrons. The molecule has 0 unspecified atom stereocenters. The van der Waals surface area contributed by atoms with Crippen LogP contribution >= 0.6 is 11.3 Å². The molecule has 3 rings (SSSR count). The lowest BCUT2D eigenvalue weighted by atomic mass is 10.1. The van der Waals surface area contributed by atoms with Crippen LogP contribution in [0.3, 0.4) is 0 Å². The minimum absolute atomic E-state index is 0.0662. The second kappa shape index (κ2) is 6.75. The monoisotopic (exact) mass is 327 g/mol. The highest BCUT2D eigenvalue weighted by Gasteiger charge is 2.11. The first kappa shape index (κ1) is 15.4. The molecule has 5 nitrogen and oxygen atoms in total. The van der Waals surface area contributed by atoms with Crippen LogP contribution in [0.15, 0.2) is 39.5 Å². The Bertz CT molecular complexity index is 809. The van der Waals surface area contributed by atoms with E-state index in [4.69, 9.17) is 4.52 Å².